The van der Waals surface area contributed by atoms with Crippen LogP contribution in [-0.2, 0) is 4.79 Å². The maximum atomic E-state index is 13.1. The Labute approximate surface area is 186 Å². The number of piperidine rings is 1. The van der Waals surface area contributed by atoms with Crippen molar-refractivity contribution in [3.8, 4) is 5.75 Å². The van der Waals surface area contributed by atoms with Gasteiger partial charge in [-0.1, -0.05) is 25.1 Å². The lowest BCUT2D eigenvalue weighted by Crippen LogP contribution is -2.45. The van der Waals surface area contributed by atoms with Crippen LogP contribution in [0.15, 0.2) is 54.6 Å². The lowest BCUT2D eigenvalue weighted by atomic mass is 9.89. The molecule has 1 saturated heterocycles. The van der Waals surface area contributed by atoms with Crippen LogP contribution in [0, 0.1) is 5.82 Å². The summed E-state index contributed by atoms with van der Waals surface area (Å²) in [4.78, 5) is 31.6. The number of amides is 2. The molecule has 1 unspecified atom stereocenters. The molecule has 1 atom stereocenters. The summed E-state index contributed by atoms with van der Waals surface area (Å²) in [6, 6.07) is 15.1. The van der Waals surface area contributed by atoms with Crippen molar-refractivity contribution in [3.63, 3.8) is 0 Å². The van der Waals surface area contributed by atoms with E-state index in [0.717, 1.165) is 10.9 Å². The van der Waals surface area contributed by atoms with E-state index in [9.17, 15) is 14.0 Å². The number of nitrogens with zero attached hydrogens (tertiary/aromatic N) is 2. The normalized spacial score (nSPS) is 15.5. The van der Waals surface area contributed by atoms with Gasteiger partial charge in [0.2, 0.25) is 0 Å². The fourth-order valence-electron chi connectivity index (χ4n) is 4.20. The Morgan fingerprint density at radius 2 is 1.84 bits per heavy atom. The lowest BCUT2D eigenvalue weighted by Gasteiger charge is -2.34. The number of halogens is 1. The van der Waals surface area contributed by atoms with E-state index >= 15 is 0 Å². The molecule has 1 aromatic heterocycles. The Morgan fingerprint density at radius 3 is 2.50 bits per heavy atom. The molecule has 2 N–H and O–H groups in total. The highest BCUT2D eigenvalue weighted by Crippen LogP contribution is 2.31. The Bertz CT molecular complexity index is 1120. The van der Waals surface area contributed by atoms with Crippen LogP contribution in [0.2, 0.25) is 0 Å². The Kier molecular flexibility index (Phi) is 6.35. The van der Waals surface area contributed by atoms with Crippen LogP contribution in [0.1, 0.15) is 48.2 Å². The van der Waals surface area contributed by atoms with E-state index in [-0.39, 0.29) is 17.6 Å². The van der Waals surface area contributed by atoms with Gasteiger partial charge < -0.3 is 15.4 Å². The maximum Gasteiger partial charge on any atom is 0.263 e. The molecule has 1 fully saturated rings. The fraction of sp³-hybridized carbons (Fsp3) is 0.320. The number of para-hydroxylation sites is 1. The second-order valence-corrected chi connectivity index (χ2v) is 8.05. The van der Waals surface area contributed by atoms with Gasteiger partial charge in [0.1, 0.15) is 11.6 Å². The van der Waals surface area contributed by atoms with E-state index in [2.05, 4.69) is 0 Å². The van der Waals surface area contributed by atoms with Crippen LogP contribution in [0.5, 0.6) is 5.75 Å². The number of benzene rings is 2. The number of carbonyl (C=O) groups excluding carboxylic acids is 2. The van der Waals surface area contributed by atoms with Crippen molar-refractivity contribution in [2.45, 2.75) is 38.2 Å². The van der Waals surface area contributed by atoms with E-state index in [1.54, 1.807) is 11.0 Å². The van der Waals surface area contributed by atoms with Gasteiger partial charge in [0.25, 0.3) is 11.8 Å². The van der Waals surface area contributed by atoms with Gasteiger partial charge in [-0.2, -0.15) is 0 Å². The van der Waals surface area contributed by atoms with Gasteiger partial charge in [0, 0.05) is 24.4 Å². The van der Waals surface area contributed by atoms with Crippen molar-refractivity contribution in [1.29, 1.82) is 0 Å². The first kappa shape index (κ1) is 21.7. The zero-order chi connectivity index (χ0) is 22.7. The molecule has 32 heavy (non-hydrogen) atoms. The summed E-state index contributed by atoms with van der Waals surface area (Å²) in [5.41, 5.74) is 7.62. The zero-order valence-corrected chi connectivity index (χ0v) is 18.0. The Hall–Kier alpha value is -3.48. The van der Waals surface area contributed by atoms with Crippen molar-refractivity contribution in [1.82, 2.24) is 9.88 Å². The molecule has 2 amide bonds. The Balaban J connectivity index is 1.46. The van der Waals surface area contributed by atoms with Crippen LogP contribution in [0.4, 0.5) is 4.39 Å². The number of aromatic nitrogens is 1. The van der Waals surface area contributed by atoms with Crippen molar-refractivity contribution in [2.24, 2.45) is 5.73 Å². The highest BCUT2D eigenvalue weighted by atomic mass is 19.1. The second kappa shape index (κ2) is 9.34. The molecule has 3 aromatic rings. The summed E-state index contributed by atoms with van der Waals surface area (Å²) in [5, 5.41) is 0.876. The maximum absolute atomic E-state index is 13.1. The molecule has 6 nitrogen and oxygen atoms in total. The number of ether oxygens (including phenoxy) is 1. The molecular formula is C25H26FN3O3. The van der Waals surface area contributed by atoms with Crippen LogP contribution in [0.3, 0.4) is 0 Å². The summed E-state index contributed by atoms with van der Waals surface area (Å²) in [5.74, 6) is -0.416. The number of pyridine rings is 1. The molecule has 1 aliphatic rings. The molecule has 7 heteroatoms. The minimum atomic E-state index is -0.628. The third kappa shape index (κ3) is 4.56. The number of primary amides is 1. The standard InChI is InChI=1S/C25H26FN3O3/c1-2-22(32-19-9-7-18(26)8-10-19)25(31)29-13-11-16(12-14-29)23-20(24(27)30)15-17-5-3-4-6-21(17)28-23/h3-10,15-16,22H,2,11-14H2,1H3,(H2,27,30). The SMILES string of the molecule is CCC(Oc1ccc(F)cc1)C(=O)N1CCC(c2nc3ccccc3cc2C(N)=O)CC1. The summed E-state index contributed by atoms with van der Waals surface area (Å²) in [6.07, 6.45) is 1.25. The van der Waals surface area contributed by atoms with E-state index in [0.29, 0.717) is 49.4 Å². The average molecular weight is 435 g/mol. The molecular weight excluding hydrogens is 409 g/mol. The third-order valence-electron chi connectivity index (χ3n) is 5.95. The summed E-state index contributed by atoms with van der Waals surface area (Å²) >= 11 is 0. The number of rotatable bonds is 6. The van der Waals surface area contributed by atoms with E-state index < -0.39 is 12.0 Å². The van der Waals surface area contributed by atoms with E-state index in [1.807, 2.05) is 31.2 Å². The first-order valence-corrected chi connectivity index (χ1v) is 10.9. The first-order chi connectivity index (χ1) is 15.5. The Morgan fingerprint density at radius 1 is 1.16 bits per heavy atom. The highest BCUT2D eigenvalue weighted by molar-refractivity contribution is 5.97. The number of hydrogen-bond donors (Lipinski definition) is 1. The molecule has 0 radical (unpaired) electrons. The zero-order valence-electron chi connectivity index (χ0n) is 18.0. The minimum Gasteiger partial charge on any atom is -0.481 e. The number of nitrogens with two attached hydrogens (primary N) is 1. The number of hydrogen-bond acceptors (Lipinski definition) is 4. The molecule has 0 bridgehead atoms. The molecule has 166 valence electrons. The molecule has 0 aliphatic carbocycles. The predicted octanol–water partition coefficient (Wildman–Crippen LogP) is 4.04. The van der Waals surface area contributed by atoms with Crippen LogP contribution >= 0.6 is 0 Å². The monoisotopic (exact) mass is 435 g/mol. The van der Waals surface area contributed by atoms with Gasteiger partial charge in [0.05, 0.1) is 16.8 Å². The van der Waals surface area contributed by atoms with E-state index in [1.165, 1.54) is 24.3 Å². The van der Waals surface area contributed by atoms with Crippen LogP contribution < -0.4 is 10.5 Å². The van der Waals surface area contributed by atoms with Crippen molar-refractivity contribution in [2.75, 3.05) is 13.1 Å². The molecule has 2 heterocycles. The third-order valence-corrected chi connectivity index (χ3v) is 5.95. The summed E-state index contributed by atoms with van der Waals surface area (Å²) < 4.78 is 18.9. The van der Waals surface area contributed by atoms with Gasteiger partial charge in [0.15, 0.2) is 6.10 Å². The first-order valence-electron chi connectivity index (χ1n) is 10.9. The van der Waals surface area contributed by atoms with Gasteiger partial charge >= 0.3 is 0 Å². The van der Waals surface area contributed by atoms with Gasteiger partial charge in [-0.3, -0.25) is 14.6 Å². The molecule has 0 saturated carbocycles. The molecule has 2 aromatic carbocycles. The minimum absolute atomic E-state index is 0.0456. The van der Waals surface area contributed by atoms with Gasteiger partial charge in [-0.15, -0.1) is 0 Å². The van der Waals surface area contributed by atoms with Gasteiger partial charge in [-0.05, 0) is 55.7 Å². The van der Waals surface area contributed by atoms with Crippen molar-refractivity contribution < 1.29 is 18.7 Å². The number of fused-ring (bicyclic) bond motifs is 1. The molecule has 1 aliphatic heterocycles. The summed E-state index contributed by atoms with van der Waals surface area (Å²) in [7, 11) is 0. The van der Waals surface area contributed by atoms with Crippen LogP contribution in [0.25, 0.3) is 10.9 Å². The smallest absolute Gasteiger partial charge is 0.263 e. The largest absolute Gasteiger partial charge is 0.481 e. The summed E-state index contributed by atoms with van der Waals surface area (Å²) in [6.45, 7) is 2.97. The average Bonchev–Trinajstić information content (AvgIpc) is 2.82. The van der Waals surface area contributed by atoms with E-state index in [4.69, 9.17) is 15.5 Å². The predicted molar refractivity (Wildman–Crippen MR) is 120 cm³/mol. The highest BCUT2D eigenvalue weighted by Gasteiger charge is 2.31. The quantitative estimate of drug-likeness (QED) is 0.633. The van der Waals surface area contributed by atoms with Crippen LogP contribution in [-0.4, -0.2) is 40.9 Å². The topological polar surface area (TPSA) is 85.5 Å². The number of carbonyl (C=O) groups is 2. The van der Waals surface area contributed by atoms with Crippen molar-refractivity contribution in [3.05, 3.63) is 71.7 Å². The lowest BCUT2D eigenvalue weighted by molar-refractivity contribution is -0.140. The number of likely N-dealkylation sites (tertiary alicyclic amines) is 1. The molecule has 0 spiro atoms. The van der Waals surface area contributed by atoms with Crippen molar-refractivity contribution >= 4 is 22.7 Å². The molecule has 4 rings (SSSR count). The second-order valence-electron chi connectivity index (χ2n) is 8.05. The fourth-order valence-corrected chi connectivity index (χ4v) is 4.20. The van der Waals surface area contributed by atoms with Gasteiger partial charge in [-0.25, -0.2) is 4.39 Å².